The van der Waals surface area contributed by atoms with Gasteiger partial charge in [0.25, 0.3) is 5.97 Å². The van der Waals surface area contributed by atoms with Crippen LogP contribution in [0.25, 0.3) is 0 Å². The molecule has 0 radical (unpaired) electrons. The minimum absolute atomic E-state index is 0.0226. The zero-order valence-electron chi connectivity index (χ0n) is 26.6. The van der Waals surface area contributed by atoms with Crippen molar-refractivity contribution in [3.8, 4) is 11.5 Å². The average molecular weight is 629 g/mol. The lowest BCUT2D eigenvalue weighted by Crippen LogP contribution is -2.70. The molecule has 2 saturated heterocycles. The number of benzene rings is 2. The molecule has 0 amide bonds. The molecule has 46 heavy (non-hydrogen) atoms. The Morgan fingerprint density at radius 3 is 2.59 bits per heavy atom. The van der Waals surface area contributed by atoms with E-state index in [0.29, 0.717) is 35.3 Å². The molecular formula is C37H40O9. The summed E-state index contributed by atoms with van der Waals surface area (Å²) in [7, 11) is 1.48. The number of hydrogen-bond donors (Lipinski definition) is 2. The summed E-state index contributed by atoms with van der Waals surface area (Å²) in [5.41, 5.74) is -0.353. The predicted molar refractivity (Wildman–Crippen MR) is 167 cm³/mol. The molecule has 1 saturated carbocycles. The Bertz CT molecular complexity index is 1680. The molecule has 0 spiro atoms. The summed E-state index contributed by atoms with van der Waals surface area (Å²) in [6.45, 7) is 9.96. The maximum Gasteiger partial charge on any atom is 0.310 e. The first kappa shape index (κ1) is 30.9. The maximum absolute atomic E-state index is 13.8. The number of hydrogen-bond acceptors (Lipinski definition) is 9. The number of rotatable bonds is 8. The molecular weight excluding hydrogens is 588 g/mol. The van der Waals surface area contributed by atoms with Crippen molar-refractivity contribution in [2.75, 3.05) is 13.7 Å². The average Bonchev–Trinajstić information content (AvgIpc) is 3.31. The molecule has 3 aliphatic carbocycles. The highest BCUT2D eigenvalue weighted by Gasteiger charge is 2.79. The fourth-order valence-corrected chi connectivity index (χ4v) is 8.74. The number of ether oxygens (including phenoxy) is 5. The van der Waals surface area contributed by atoms with Gasteiger partial charge in [0.2, 0.25) is 0 Å². The molecule has 0 unspecified atom stereocenters. The van der Waals surface area contributed by atoms with Crippen molar-refractivity contribution in [3.05, 3.63) is 95.1 Å². The van der Waals surface area contributed by atoms with Gasteiger partial charge in [-0.3, -0.25) is 9.59 Å². The summed E-state index contributed by atoms with van der Waals surface area (Å²) < 4.78 is 31.8. The van der Waals surface area contributed by atoms with Gasteiger partial charge >= 0.3 is 5.97 Å². The van der Waals surface area contributed by atoms with Crippen LogP contribution in [0.5, 0.6) is 11.5 Å². The number of carbonyl (C=O) groups is 2. The molecule has 5 aliphatic rings. The molecule has 9 heteroatoms. The Morgan fingerprint density at radius 2 is 1.87 bits per heavy atom. The summed E-state index contributed by atoms with van der Waals surface area (Å²) in [5.74, 6) is -3.25. The van der Waals surface area contributed by atoms with Crippen LogP contribution in [0, 0.1) is 17.8 Å². The Kier molecular flexibility index (Phi) is 7.14. The quantitative estimate of drug-likeness (QED) is 0.315. The second-order valence-corrected chi connectivity index (χ2v) is 13.7. The standard InChI is InChI=1S/C37H40O9/c1-21(2)35-17-23(4)37-29(33(35)44-36(45-35,46-37)19-24-9-7-6-8-10-24)14-26(18-34(41)30(37)11-22(3)32(34)40)20-43-31(39)15-25-12-27(38)16-28(13-25)42-5/h6-14,16,23,29-30,33,38,41H,1,15,17-20H2,2-5H3/t23-,29+,30-,33-,34-,35-,36-,37-/m1/s1. The van der Waals surface area contributed by atoms with E-state index in [9.17, 15) is 19.8 Å². The third kappa shape index (κ3) is 4.51. The zero-order chi connectivity index (χ0) is 32.6. The third-order valence-corrected chi connectivity index (χ3v) is 10.7. The first-order valence-electron chi connectivity index (χ1n) is 15.8. The van der Waals surface area contributed by atoms with E-state index < -0.39 is 46.7 Å². The van der Waals surface area contributed by atoms with Crippen molar-refractivity contribution < 1.29 is 43.5 Å². The Hall–Kier alpha value is -3.76. The van der Waals surface area contributed by atoms with Gasteiger partial charge in [-0.05, 0) is 66.2 Å². The van der Waals surface area contributed by atoms with Crippen LogP contribution in [0.1, 0.15) is 44.7 Å². The number of fused-ring (bicyclic) bond motifs is 2. The van der Waals surface area contributed by atoms with E-state index in [1.165, 1.54) is 19.2 Å². The molecule has 2 aromatic rings. The van der Waals surface area contributed by atoms with Gasteiger partial charge in [0, 0.05) is 24.3 Å². The molecule has 8 atom stereocenters. The SMILES string of the molecule is C=C(C)[C@]12C[C@@H](C)[C@@]34O[C@](Cc5ccccc5)(O[C@@H]1[C@@H]3C=C(COC(=O)Cc1cc(O)cc(OC)c1)C[C@]1(O)C(=O)C(C)=C[C@@H]41)O2. The normalized spacial score (nSPS) is 37.1. The highest BCUT2D eigenvalue weighted by molar-refractivity contribution is 6.04. The van der Waals surface area contributed by atoms with Crippen LogP contribution in [-0.2, 0) is 41.4 Å². The van der Waals surface area contributed by atoms with Gasteiger partial charge in [-0.25, -0.2) is 0 Å². The largest absolute Gasteiger partial charge is 0.508 e. The van der Waals surface area contributed by atoms with Gasteiger partial charge in [-0.2, -0.15) is 0 Å². The van der Waals surface area contributed by atoms with Crippen LogP contribution in [-0.4, -0.2) is 64.6 Å². The number of aromatic hydroxyl groups is 1. The lowest BCUT2D eigenvalue weighted by molar-refractivity contribution is -0.421. The van der Waals surface area contributed by atoms with E-state index in [0.717, 1.165) is 11.1 Å². The van der Waals surface area contributed by atoms with Crippen molar-refractivity contribution in [1.29, 1.82) is 0 Å². The fraction of sp³-hybridized carbons (Fsp3) is 0.459. The van der Waals surface area contributed by atoms with E-state index in [2.05, 4.69) is 13.5 Å². The number of carbonyl (C=O) groups excluding carboxylic acids is 2. The van der Waals surface area contributed by atoms with Crippen LogP contribution in [0.2, 0.25) is 0 Å². The van der Waals surface area contributed by atoms with Crippen molar-refractivity contribution >= 4 is 11.8 Å². The number of aliphatic hydroxyl groups is 1. The molecule has 2 N–H and O–H groups in total. The Labute approximate surface area is 268 Å². The topological polar surface area (TPSA) is 121 Å². The monoisotopic (exact) mass is 628 g/mol. The molecule has 2 aliphatic heterocycles. The number of ketones is 1. The van der Waals surface area contributed by atoms with Gasteiger partial charge in [0.05, 0.1) is 25.6 Å². The second-order valence-electron chi connectivity index (χ2n) is 13.7. The van der Waals surface area contributed by atoms with Gasteiger partial charge in [0.1, 0.15) is 35.4 Å². The predicted octanol–water partition coefficient (Wildman–Crippen LogP) is 4.74. The number of phenols is 1. The van der Waals surface area contributed by atoms with Gasteiger partial charge in [0.15, 0.2) is 5.78 Å². The molecule has 7 rings (SSSR count). The smallest absolute Gasteiger partial charge is 0.310 e. The minimum Gasteiger partial charge on any atom is -0.508 e. The lowest BCUT2D eigenvalue weighted by atomic mass is 9.55. The van der Waals surface area contributed by atoms with Crippen molar-refractivity contribution in [2.24, 2.45) is 17.8 Å². The Morgan fingerprint density at radius 1 is 1.11 bits per heavy atom. The van der Waals surface area contributed by atoms with Crippen LogP contribution in [0.3, 0.4) is 0 Å². The maximum atomic E-state index is 13.8. The summed E-state index contributed by atoms with van der Waals surface area (Å²) in [4.78, 5) is 26.8. The van der Waals surface area contributed by atoms with Crippen LogP contribution in [0.4, 0.5) is 0 Å². The van der Waals surface area contributed by atoms with Crippen LogP contribution in [0.15, 0.2) is 84.0 Å². The molecule has 0 aromatic heterocycles. The molecule has 3 fully saturated rings. The highest BCUT2D eigenvalue weighted by Crippen LogP contribution is 2.68. The summed E-state index contributed by atoms with van der Waals surface area (Å²) in [6, 6.07) is 14.4. The first-order chi connectivity index (χ1) is 21.8. The number of esters is 1. The van der Waals surface area contributed by atoms with Crippen LogP contribution >= 0.6 is 0 Å². The van der Waals surface area contributed by atoms with Gasteiger partial charge < -0.3 is 33.9 Å². The fourth-order valence-electron chi connectivity index (χ4n) is 8.74. The summed E-state index contributed by atoms with van der Waals surface area (Å²) >= 11 is 0. The van der Waals surface area contributed by atoms with E-state index in [1.54, 1.807) is 13.0 Å². The number of phenolic OH excluding ortho intramolecular Hbond substituents is 1. The lowest BCUT2D eigenvalue weighted by Gasteiger charge is -2.59. The van der Waals surface area contributed by atoms with Crippen LogP contribution < -0.4 is 4.74 Å². The van der Waals surface area contributed by atoms with Gasteiger partial charge in [-0.1, -0.05) is 56.0 Å². The molecule has 3 bridgehead atoms. The Balaban J connectivity index is 1.27. The number of methoxy groups -OCH3 is 1. The molecule has 9 nitrogen and oxygen atoms in total. The minimum atomic E-state index is -1.81. The summed E-state index contributed by atoms with van der Waals surface area (Å²) in [6.07, 6.45) is 4.06. The highest BCUT2D eigenvalue weighted by atomic mass is 16.9. The third-order valence-electron chi connectivity index (χ3n) is 10.7. The first-order valence-corrected chi connectivity index (χ1v) is 15.8. The van der Waals surface area contributed by atoms with E-state index in [1.807, 2.05) is 49.4 Å². The summed E-state index contributed by atoms with van der Waals surface area (Å²) in [5, 5.41) is 22.4. The molecule has 242 valence electrons. The molecule has 2 heterocycles. The molecule has 2 aromatic carbocycles. The van der Waals surface area contributed by atoms with E-state index in [4.69, 9.17) is 23.7 Å². The van der Waals surface area contributed by atoms with E-state index in [-0.39, 0.29) is 36.9 Å². The second kappa shape index (κ2) is 10.6. The van der Waals surface area contributed by atoms with Crippen molar-refractivity contribution in [1.82, 2.24) is 0 Å². The van der Waals surface area contributed by atoms with Crippen molar-refractivity contribution in [2.45, 2.75) is 75.3 Å². The number of Topliss-reactive ketones (excluding diaryl/α,β-unsaturated/α-hetero) is 1. The van der Waals surface area contributed by atoms with Crippen molar-refractivity contribution in [3.63, 3.8) is 0 Å². The van der Waals surface area contributed by atoms with Gasteiger partial charge in [-0.15, -0.1) is 0 Å². The zero-order valence-corrected chi connectivity index (χ0v) is 26.6. The van der Waals surface area contributed by atoms with E-state index >= 15 is 0 Å².